The summed E-state index contributed by atoms with van der Waals surface area (Å²) in [6.45, 7) is 3.56. The number of aromatic nitrogens is 2. The van der Waals surface area contributed by atoms with E-state index in [1.165, 1.54) is 0 Å². The van der Waals surface area contributed by atoms with Crippen LogP contribution in [0.1, 0.15) is 28.8 Å². The van der Waals surface area contributed by atoms with Crippen LogP contribution in [0.25, 0.3) is 0 Å². The van der Waals surface area contributed by atoms with Crippen molar-refractivity contribution in [1.82, 2.24) is 14.7 Å². The first kappa shape index (κ1) is 14.6. The highest BCUT2D eigenvalue weighted by Crippen LogP contribution is 2.25. The van der Waals surface area contributed by atoms with Gasteiger partial charge in [0.15, 0.2) is 0 Å². The van der Waals surface area contributed by atoms with Crippen molar-refractivity contribution in [1.29, 1.82) is 0 Å². The van der Waals surface area contributed by atoms with Gasteiger partial charge in [-0.15, -0.1) is 0 Å². The summed E-state index contributed by atoms with van der Waals surface area (Å²) in [4.78, 5) is 14.8. The third-order valence-corrected chi connectivity index (χ3v) is 4.14. The second-order valence-corrected chi connectivity index (χ2v) is 5.73. The van der Waals surface area contributed by atoms with Crippen molar-refractivity contribution < 1.29 is 9.53 Å². The van der Waals surface area contributed by atoms with Gasteiger partial charge in [0, 0.05) is 12.7 Å². The molecule has 1 aliphatic rings. The Morgan fingerprint density at radius 2 is 2.23 bits per heavy atom. The minimum Gasteiger partial charge on any atom is -0.496 e. The Hall–Kier alpha value is -2.30. The molecule has 1 aliphatic heterocycles. The van der Waals surface area contributed by atoms with E-state index < -0.39 is 0 Å². The predicted octanol–water partition coefficient (Wildman–Crippen LogP) is 2.50. The molecule has 116 valence electrons. The van der Waals surface area contributed by atoms with Crippen LogP contribution in [0.4, 0.5) is 0 Å². The molecule has 0 bridgehead atoms. The summed E-state index contributed by atoms with van der Waals surface area (Å²) in [6.07, 6.45) is 5.91. The number of carbonyl (C=O) groups is 1. The molecule has 1 amide bonds. The highest BCUT2D eigenvalue weighted by Gasteiger charge is 2.31. The van der Waals surface area contributed by atoms with Crippen LogP contribution in [0.3, 0.4) is 0 Å². The summed E-state index contributed by atoms with van der Waals surface area (Å²) < 4.78 is 7.24. The predicted molar refractivity (Wildman–Crippen MR) is 84.0 cm³/mol. The Labute approximate surface area is 130 Å². The fourth-order valence-corrected chi connectivity index (χ4v) is 3.05. The maximum absolute atomic E-state index is 12.8. The average molecular weight is 299 g/mol. The topological polar surface area (TPSA) is 47.4 Å². The molecule has 0 spiro atoms. The van der Waals surface area contributed by atoms with Crippen LogP contribution < -0.4 is 4.74 Å². The third kappa shape index (κ3) is 2.84. The van der Waals surface area contributed by atoms with Gasteiger partial charge in [0.05, 0.1) is 31.5 Å². The molecule has 0 unspecified atom stereocenters. The number of aryl methyl sites for hydroxylation is 1. The van der Waals surface area contributed by atoms with E-state index in [0.29, 0.717) is 11.3 Å². The van der Waals surface area contributed by atoms with Crippen molar-refractivity contribution in [2.24, 2.45) is 0 Å². The number of amides is 1. The number of likely N-dealkylation sites (tertiary alicyclic amines) is 1. The molecule has 0 aliphatic carbocycles. The Morgan fingerprint density at radius 3 is 2.95 bits per heavy atom. The lowest BCUT2D eigenvalue weighted by Crippen LogP contribution is -2.38. The molecular weight excluding hydrogens is 278 g/mol. The molecule has 1 aromatic heterocycles. The third-order valence-electron chi connectivity index (χ3n) is 4.14. The first-order valence-electron chi connectivity index (χ1n) is 7.62. The monoisotopic (exact) mass is 299 g/mol. The molecule has 2 heterocycles. The lowest BCUT2D eigenvalue weighted by atomic mass is 10.1. The number of methoxy groups -OCH3 is 1. The fraction of sp³-hybridized carbons (Fsp3) is 0.412. The Kier molecular flexibility index (Phi) is 4.13. The van der Waals surface area contributed by atoms with Crippen molar-refractivity contribution >= 4 is 5.91 Å². The van der Waals surface area contributed by atoms with Crippen molar-refractivity contribution in [2.45, 2.75) is 32.4 Å². The van der Waals surface area contributed by atoms with Gasteiger partial charge in [0.25, 0.3) is 5.91 Å². The Morgan fingerprint density at radius 1 is 1.41 bits per heavy atom. The molecule has 0 radical (unpaired) electrons. The number of benzene rings is 1. The van der Waals surface area contributed by atoms with Crippen LogP contribution >= 0.6 is 0 Å². The van der Waals surface area contributed by atoms with Gasteiger partial charge in [0.2, 0.25) is 0 Å². The Balaban J connectivity index is 1.79. The maximum atomic E-state index is 12.8. The fourth-order valence-electron chi connectivity index (χ4n) is 3.05. The summed E-state index contributed by atoms with van der Waals surface area (Å²) >= 11 is 0. The van der Waals surface area contributed by atoms with Gasteiger partial charge in [0.1, 0.15) is 5.75 Å². The number of ether oxygens (including phenoxy) is 1. The van der Waals surface area contributed by atoms with Crippen molar-refractivity contribution in [3.8, 4) is 5.75 Å². The molecule has 5 heteroatoms. The van der Waals surface area contributed by atoms with E-state index in [1.54, 1.807) is 7.11 Å². The zero-order valence-electron chi connectivity index (χ0n) is 13.0. The van der Waals surface area contributed by atoms with Gasteiger partial charge in [-0.25, -0.2) is 0 Å². The highest BCUT2D eigenvalue weighted by atomic mass is 16.5. The number of hydrogen-bond acceptors (Lipinski definition) is 3. The van der Waals surface area contributed by atoms with Gasteiger partial charge in [-0.05, 0) is 37.5 Å². The minimum absolute atomic E-state index is 0.0452. The standard InChI is InChI=1S/C17H21N3O2/c1-13-10-18-19(11-13)12-14-6-5-9-20(14)17(21)15-7-3-4-8-16(15)22-2/h3-4,7-8,10-11,14H,5-6,9,12H2,1-2H3/t14-/m0/s1. The maximum Gasteiger partial charge on any atom is 0.257 e. The first-order valence-corrected chi connectivity index (χ1v) is 7.62. The van der Waals surface area contributed by atoms with Crippen LogP contribution in [0, 0.1) is 6.92 Å². The smallest absolute Gasteiger partial charge is 0.257 e. The second-order valence-electron chi connectivity index (χ2n) is 5.73. The molecule has 1 fully saturated rings. The van der Waals surface area contributed by atoms with Gasteiger partial charge < -0.3 is 9.64 Å². The van der Waals surface area contributed by atoms with E-state index >= 15 is 0 Å². The lowest BCUT2D eigenvalue weighted by Gasteiger charge is -2.25. The molecular formula is C17H21N3O2. The minimum atomic E-state index is 0.0452. The number of para-hydroxylation sites is 1. The van der Waals surface area contributed by atoms with Crippen LogP contribution in [-0.2, 0) is 6.54 Å². The van der Waals surface area contributed by atoms with Crippen LogP contribution in [0.2, 0.25) is 0 Å². The summed E-state index contributed by atoms with van der Waals surface area (Å²) in [6, 6.07) is 7.60. The average Bonchev–Trinajstić information content (AvgIpc) is 3.16. The van der Waals surface area contributed by atoms with Crippen LogP contribution in [0.15, 0.2) is 36.7 Å². The van der Waals surface area contributed by atoms with E-state index in [-0.39, 0.29) is 11.9 Å². The SMILES string of the molecule is COc1ccccc1C(=O)N1CCC[C@H]1Cn1cc(C)cn1. The summed E-state index contributed by atoms with van der Waals surface area (Å²) in [7, 11) is 1.60. The molecule has 1 saturated heterocycles. The number of rotatable bonds is 4. The lowest BCUT2D eigenvalue weighted by molar-refractivity contribution is 0.0718. The molecule has 1 atom stereocenters. The van der Waals surface area contributed by atoms with E-state index in [1.807, 2.05) is 53.2 Å². The molecule has 0 N–H and O–H groups in total. The summed E-state index contributed by atoms with van der Waals surface area (Å²) in [5.41, 5.74) is 1.77. The molecule has 3 rings (SSSR count). The van der Waals surface area contributed by atoms with Crippen molar-refractivity contribution in [3.05, 3.63) is 47.8 Å². The normalized spacial score (nSPS) is 17.7. The zero-order chi connectivity index (χ0) is 15.5. The largest absolute Gasteiger partial charge is 0.496 e. The number of carbonyl (C=O) groups excluding carboxylic acids is 1. The van der Waals surface area contributed by atoms with E-state index in [2.05, 4.69) is 5.10 Å². The molecule has 2 aromatic rings. The molecule has 1 aromatic carbocycles. The molecule has 5 nitrogen and oxygen atoms in total. The second kappa shape index (κ2) is 6.22. The Bertz CT molecular complexity index is 665. The summed E-state index contributed by atoms with van der Waals surface area (Å²) in [5.74, 6) is 0.678. The van der Waals surface area contributed by atoms with Gasteiger partial charge in [-0.3, -0.25) is 9.48 Å². The van der Waals surface area contributed by atoms with Gasteiger partial charge in [-0.1, -0.05) is 12.1 Å². The van der Waals surface area contributed by atoms with Gasteiger partial charge >= 0.3 is 0 Å². The zero-order valence-corrected chi connectivity index (χ0v) is 13.0. The summed E-state index contributed by atoms with van der Waals surface area (Å²) in [5, 5.41) is 4.33. The highest BCUT2D eigenvalue weighted by molar-refractivity contribution is 5.97. The van der Waals surface area contributed by atoms with E-state index in [4.69, 9.17) is 4.74 Å². The van der Waals surface area contributed by atoms with Crippen LogP contribution in [0.5, 0.6) is 5.75 Å². The number of nitrogens with zero attached hydrogens (tertiary/aromatic N) is 3. The quantitative estimate of drug-likeness (QED) is 0.871. The van der Waals surface area contributed by atoms with Crippen molar-refractivity contribution in [3.63, 3.8) is 0 Å². The van der Waals surface area contributed by atoms with E-state index in [0.717, 1.165) is 31.5 Å². The van der Waals surface area contributed by atoms with E-state index in [9.17, 15) is 4.79 Å². The van der Waals surface area contributed by atoms with Crippen molar-refractivity contribution in [2.75, 3.05) is 13.7 Å². The number of hydrogen-bond donors (Lipinski definition) is 0. The first-order chi connectivity index (χ1) is 10.7. The van der Waals surface area contributed by atoms with Crippen LogP contribution in [-0.4, -0.2) is 40.3 Å². The molecule has 22 heavy (non-hydrogen) atoms. The van der Waals surface area contributed by atoms with Gasteiger partial charge in [-0.2, -0.15) is 5.10 Å². The molecule has 0 saturated carbocycles.